The summed E-state index contributed by atoms with van der Waals surface area (Å²) in [5, 5.41) is 9.66. The molecule has 2 aromatic rings. The van der Waals surface area contributed by atoms with Crippen LogP contribution in [-0.2, 0) is 25.7 Å². The maximum atomic E-state index is 13.1. The highest BCUT2D eigenvalue weighted by Crippen LogP contribution is 2.20. The van der Waals surface area contributed by atoms with Crippen LogP contribution in [0.15, 0.2) is 66.7 Å². The summed E-state index contributed by atoms with van der Waals surface area (Å²) < 4.78 is 5.84. The molecule has 0 spiro atoms. The molecule has 0 aromatic heterocycles. The lowest BCUT2D eigenvalue weighted by Crippen LogP contribution is -2.43. The summed E-state index contributed by atoms with van der Waals surface area (Å²) in [6, 6.07) is 16.2. The highest BCUT2D eigenvalue weighted by molar-refractivity contribution is 6.30. The zero-order chi connectivity index (χ0) is 25.9. The number of hydrogen-bond donors (Lipinski definition) is 3. The minimum atomic E-state index is -0.637. The monoisotopic (exact) mass is 511 g/mol. The zero-order valence-corrected chi connectivity index (χ0v) is 21.5. The normalized spacial score (nSPS) is 21.2. The first-order valence-corrected chi connectivity index (χ1v) is 12.6. The average Bonchev–Trinajstić information content (AvgIpc) is 2.86. The van der Waals surface area contributed by atoms with Gasteiger partial charge in [0.2, 0.25) is 11.8 Å². The lowest BCUT2D eigenvalue weighted by atomic mass is 9.98. The van der Waals surface area contributed by atoms with Gasteiger partial charge >= 0.3 is 5.97 Å². The summed E-state index contributed by atoms with van der Waals surface area (Å²) in [4.78, 5) is 38.7. The molecule has 3 N–H and O–H groups in total. The van der Waals surface area contributed by atoms with Crippen molar-refractivity contribution in [1.29, 1.82) is 0 Å². The van der Waals surface area contributed by atoms with E-state index in [2.05, 4.69) is 16.0 Å². The van der Waals surface area contributed by atoms with Crippen molar-refractivity contribution in [3.63, 3.8) is 0 Å². The molecule has 8 heteroatoms. The minimum absolute atomic E-state index is 0.0488. The Morgan fingerprint density at radius 2 is 1.75 bits per heavy atom. The fraction of sp³-hybridized carbons (Fsp3) is 0.393. The van der Waals surface area contributed by atoms with Crippen molar-refractivity contribution < 1.29 is 19.1 Å². The number of amides is 2. The van der Waals surface area contributed by atoms with Gasteiger partial charge in [0, 0.05) is 24.0 Å². The molecule has 1 aliphatic rings. The lowest BCUT2D eigenvalue weighted by Gasteiger charge is -2.25. The third kappa shape index (κ3) is 8.81. The Kier molecular flexibility index (Phi) is 10.5. The van der Waals surface area contributed by atoms with Gasteiger partial charge in [0.1, 0.15) is 12.1 Å². The molecular formula is C28H34ClN3O4. The highest BCUT2D eigenvalue weighted by Gasteiger charge is 2.27. The summed E-state index contributed by atoms with van der Waals surface area (Å²) in [5.41, 5.74) is 1.71. The molecule has 192 valence electrons. The highest BCUT2D eigenvalue weighted by atomic mass is 35.5. The van der Waals surface area contributed by atoms with Crippen LogP contribution in [0.2, 0.25) is 5.02 Å². The van der Waals surface area contributed by atoms with E-state index in [0.717, 1.165) is 11.1 Å². The number of hydrogen-bond acceptors (Lipinski definition) is 5. The Balaban J connectivity index is 1.71. The smallest absolute Gasteiger partial charge is 0.324 e. The van der Waals surface area contributed by atoms with Gasteiger partial charge in [-0.2, -0.15) is 0 Å². The van der Waals surface area contributed by atoms with Crippen LogP contribution < -0.4 is 16.0 Å². The fourth-order valence-electron chi connectivity index (χ4n) is 3.96. The van der Waals surface area contributed by atoms with Crippen molar-refractivity contribution in [2.75, 3.05) is 6.54 Å². The Hall–Kier alpha value is -3.16. The van der Waals surface area contributed by atoms with E-state index in [1.807, 2.05) is 68.5 Å². The Labute approximate surface area is 217 Å². The number of rotatable bonds is 7. The van der Waals surface area contributed by atoms with Gasteiger partial charge in [-0.25, -0.2) is 0 Å². The third-order valence-corrected chi connectivity index (χ3v) is 6.13. The number of carbonyl (C=O) groups is 3. The van der Waals surface area contributed by atoms with Gasteiger partial charge in [-0.05, 0) is 36.1 Å². The molecule has 3 atom stereocenters. The second kappa shape index (κ2) is 13.8. The first-order valence-electron chi connectivity index (χ1n) is 12.3. The van der Waals surface area contributed by atoms with Crippen molar-refractivity contribution >= 4 is 29.4 Å². The molecule has 0 bridgehead atoms. The molecule has 0 saturated carbocycles. The van der Waals surface area contributed by atoms with Crippen LogP contribution in [0.4, 0.5) is 0 Å². The molecule has 0 fully saturated rings. The number of benzene rings is 2. The number of cyclic esters (lactones) is 1. The average molecular weight is 512 g/mol. The van der Waals surface area contributed by atoms with Crippen molar-refractivity contribution in [2.24, 2.45) is 5.92 Å². The predicted octanol–water partition coefficient (Wildman–Crippen LogP) is 4.08. The van der Waals surface area contributed by atoms with Gasteiger partial charge in [0.05, 0.1) is 12.5 Å². The number of esters is 1. The fourth-order valence-corrected chi connectivity index (χ4v) is 4.09. The van der Waals surface area contributed by atoms with Crippen LogP contribution in [0.3, 0.4) is 0 Å². The van der Waals surface area contributed by atoms with Crippen LogP contribution in [0.25, 0.3) is 0 Å². The molecule has 0 radical (unpaired) electrons. The van der Waals surface area contributed by atoms with Gasteiger partial charge in [0.25, 0.3) is 0 Å². The molecule has 1 aliphatic heterocycles. The summed E-state index contributed by atoms with van der Waals surface area (Å²) in [5.74, 6) is -1.38. The molecule has 0 saturated heterocycles. The maximum Gasteiger partial charge on any atom is 0.324 e. The number of allylic oxidation sites excluding steroid dienone is 1. The van der Waals surface area contributed by atoms with E-state index in [1.165, 1.54) is 0 Å². The van der Waals surface area contributed by atoms with Gasteiger partial charge in [-0.1, -0.05) is 80.1 Å². The van der Waals surface area contributed by atoms with E-state index in [9.17, 15) is 14.4 Å². The number of nitrogens with one attached hydrogen (secondary N) is 3. The van der Waals surface area contributed by atoms with E-state index in [0.29, 0.717) is 24.4 Å². The van der Waals surface area contributed by atoms with E-state index < -0.39 is 18.1 Å². The first-order chi connectivity index (χ1) is 17.3. The zero-order valence-electron chi connectivity index (χ0n) is 20.7. The standard InChI is InChI=1S/C28H34ClN3O4/c1-19(2)32-24-11-7-6-10-22(16-26(33)30-17-20-12-14-23(29)15-13-20)27(34)31-18-25(36-28(24)35)21-8-4-3-5-9-21/h3-9,12-15,19,22,24-25,32H,10-11,16-18H2,1-2H3,(H,30,33)(H,31,34)/t22-,24-,25-/m0/s1. The van der Waals surface area contributed by atoms with Crippen molar-refractivity contribution in [2.45, 2.75) is 57.8 Å². The van der Waals surface area contributed by atoms with E-state index in [4.69, 9.17) is 16.3 Å². The van der Waals surface area contributed by atoms with Gasteiger partial charge in [-0.15, -0.1) is 0 Å². The summed E-state index contributed by atoms with van der Waals surface area (Å²) in [7, 11) is 0. The van der Waals surface area contributed by atoms with Crippen LogP contribution in [0, 0.1) is 5.92 Å². The maximum absolute atomic E-state index is 13.1. The third-order valence-electron chi connectivity index (χ3n) is 5.88. The van der Waals surface area contributed by atoms with Crippen LogP contribution >= 0.6 is 11.6 Å². The predicted molar refractivity (Wildman–Crippen MR) is 140 cm³/mol. The lowest BCUT2D eigenvalue weighted by molar-refractivity contribution is -0.152. The van der Waals surface area contributed by atoms with Crippen LogP contribution in [-0.4, -0.2) is 36.4 Å². The Morgan fingerprint density at radius 3 is 2.44 bits per heavy atom. The molecule has 0 unspecified atom stereocenters. The Morgan fingerprint density at radius 1 is 1.06 bits per heavy atom. The second-order valence-electron chi connectivity index (χ2n) is 9.20. The van der Waals surface area contributed by atoms with Crippen molar-refractivity contribution in [1.82, 2.24) is 16.0 Å². The second-order valence-corrected chi connectivity index (χ2v) is 9.64. The summed E-state index contributed by atoms with van der Waals surface area (Å²) >= 11 is 5.92. The van der Waals surface area contributed by atoms with Crippen LogP contribution in [0.1, 0.15) is 50.3 Å². The largest absolute Gasteiger partial charge is 0.454 e. The molecule has 1 heterocycles. The van der Waals surface area contributed by atoms with Crippen LogP contribution in [0.5, 0.6) is 0 Å². The number of carbonyl (C=O) groups excluding carboxylic acids is 3. The van der Waals surface area contributed by atoms with E-state index in [1.54, 1.807) is 12.1 Å². The SMILES string of the molecule is CC(C)N[C@H]1CC=CC[C@@H](CC(=O)NCc2ccc(Cl)cc2)C(=O)NC[C@@H](c2ccccc2)OC1=O. The van der Waals surface area contributed by atoms with E-state index in [-0.39, 0.29) is 36.8 Å². The molecule has 2 amide bonds. The summed E-state index contributed by atoms with van der Waals surface area (Å²) in [6.45, 7) is 4.42. The molecule has 7 nitrogen and oxygen atoms in total. The summed E-state index contributed by atoms with van der Waals surface area (Å²) in [6.07, 6.45) is 3.95. The van der Waals surface area contributed by atoms with Gasteiger partial charge in [0.15, 0.2) is 0 Å². The van der Waals surface area contributed by atoms with Gasteiger partial charge < -0.3 is 20.7 Å². The molecular weight excluding hydrogens is 478 g/mol. The molecule has 36 heavy (non-hydrogen) atoms. The molecule has 0 aliphatic carbocycles. The molecule has 2 aromatic carbocycles. The number of halogens is 1. The van der Waals surface area contributed by atoms with Crippen molar-refractivity contribution in [3.05, 3.63) is 82.9 Å². The van der Waals surface area contributed by atoms with Crippen molar-refractivity contribution in [3.8, 4) is 0 Å². The molecule has 3 rings (SSSR count). The minimum Gasteiger partial charge on any atom is -0.454 e. The number of ether oxygens (including phenoxy) is 1. The van der Waals surface area contributed by atoms with Gasteiger partial charge in [-0.3, -0.25) is 14.4 Å². The van der Waals surface area contributed by atoms with E-state index >= 15 is 0 Å². The Bertz CT molecular complexity index is 1040. The first kappa shape index (κ1) is 27.4. The topological polar surface area (TPSA) is 96.5 Å². The quantitative estimate of drug-likeness (QED) is 0.384.